The lowest BCUT2D eigenvalue weighted by Gasteiger charge is -2.11. The standard InChI is InChI=1S/C19H17N5O/c1-25-15-4-2-3-14(11-15)16-12-22-24-10-7-17(23-19(16)24)18(20)13-5-8-21-9-6-13/h2-12,18H,20H2,1H3. The van der Waals surface area contributed by atoms with E-state index in [-0.39, 0.29) is 6.04 Å². The van der Waals surface area contributed by atoms with Gasteiger partial charge in [-0.1, -0.05) is 12.1 Å². The molecule has 1 atom stereocenters. The van der Waals surface area contributed by atoms with Gasteiger partial charge in [0.15, 0.2) is 5.65 Å². The second-order valence-electron chi connectivity index (χ2n) is 5.67. The Kier molecular flexibility index (Phi) is 3.87. The molecule has 4 aromatic rings. The highest BCUT2D eigenvalue weighted by molar-refractivity contribution is 5.77. The van der Waals surface area contributed by atoms with Gasteiger partial charge in [0, 0.05) is 24.2 Å². The molecule has 0 fully saturated rings. The van der Waals surface area contributed by atoms with Gasteiger partial charge in [0.1, 0.15) is 5.75 Å². The second kappa shape index (κ2) is 6.33. The molecule has 0 spiro atoms. The van der Waals surface area contributed by atoms with Crippen LogP contribution in [0, 0.1) is 0 Å². The molecule has 124 valence electrons. The van der Waals surface area contributed by atoms with Crippen molar-refractivity contribution in [2.75, 3.05) is 7.11 Å². The van der Waals surface area contributed by atoms with Gasteiger partial charge in [-0.15, -0.1) is 0 Å². The van der Waals surface area contributed by atoms with Gasteiger partial charge in [-0.05, 0) is 41.5 Å². The van der Waals surface area contributed by atoms with Crippen molar-refractivity contribution in [1.29, 1.82) is 0 Å². The Hall–Kier alpha value is -3.25. The van der Waals surface area contributed by atoms with Crippen molar-refractivity contribution in [2.45, 2.75) is 6.04 Å². The summed E-state index contributed by atoms with van der Waals surface area (Å²) < 4.78 is 7.06. The first-order valence-corrected chi connectivity index (χ1v) is 7.90. The molecular weight excluding hydrogens is 314 g/mol. The van der Waals surface area contributed by atoms with Crippen LogP contribution in [-0.4, -0.2) is 26.7 Å². The van der Waals surface area contributed by atoms with E-state index in [0.29, 0.717) is 0 Å². The second-order valence-corrected chi connectivity index (χ2v) is 5.67. The van der Waals surface area contributed by atoms with Crippen LogP contribution < -0.4 is 10.5 Å². The summed E-state index contributed by atoms with van der Waals surface area (Å²) in [5.41, 5.74) is 10.8. The number of benzene rings is 1. The average molecular weight is 331 g/mol. The third-order valence-electron chi connectivity index (χ3n) is 4.16. The van der Waals surface area contributed by atoms with E-state index in [9.17, 15) is 0 Å². The van der Waals surface area contributed by atoms with Crippen LogP contribution in [0.1, 0.15) is 17.3 Å². The highest BCUT2D eigenvalue weighted by Crippen LogP contribution is 2.27. The van der Waals surface area contributed by atoms with Crippen molar-refractivity contribution < 1.29 is 4.74 Å². The predicted molar refractivity (Wildman–Crippen MR) is 95.2 cm³/mol. The molecule has 4 rings (SSSR count). The molecule has 6 nitrogen and oxygen atoms in total. The molecular formula is C19H17N5O. The molecule has 3 heterocycles. The third kappa shape index (κ3) is 2.83. The first-order chi connectivity index (χ1) is 12.3. The minimum atomic E-state index is -0.318. The number of fused-ring (bicyclic) bond motifs is 1. The van der Waals surface area contributed by atoms with Gasteiger partial charge in [0.05, 0.1) is 25.0 Å². The van der Waals surface area contributed by atoms with Gasteiger partial charge in [0.25, 0.3) is 0 Å². The van der Waals surface area contributed by atoms with Crippen LogP contribution in [0.3, 0.4) is 0 Å². The number of pyridine rings is 1. The number of ether oxygens (including phenoxy) is 1. The van der Waals surface area contributed by atoms with E-state index in [1.165, 1.54) is 0 Å². The van der Waals surface area contributed by atoms with Crippen molar-refractivity contribution in [3.05, 3.63) is 78.5 Å². The van der Waals surface area contributed by atoms with Crippen molar-refractivity contribution in [1.82, 2.24) is 19.6 Å². The molecule has 6 heteroatoms. The van der Waals surface area contributed by atoms with Crippen LogP contribution in [0.4, 0.5) is 0 Å². The lowest BCUT2D eigenvalue weighted by molar-refractivity contribution is 0.415. The summed E-state index contributed by atoms with van der Waals surface area (Å²) in [5.74, 6) is 0.793. The third-order valence-corrected chi connectivity index (χ3v) is 4.16. The minimum absolute atomic E-state index is 0.318. The zero-order valence-corrected chi connectivity index (χ0v) is 13.7. The smallest absolute Gasteiger partial charge is 0.163 e. The Morgan fingerprint density at radius 2 is 1.96 bits per heavy atom. The van der Waals surface area contributed by atoms with Gasteiger partial charge in [-0.25, -0.2) is 9.50 Å². The normalized spacial score (nSPS) is 12.2. The topological polar surface area (TPSA) is 78.3 Å². The molecule has 1 unspecified atom stereocenters. The molecule has 0 aliphatic rings. The zero-order chi connectivity index (χ0) is 17.2. The number of methoxy groups -OCH3 is 1. The van der Waals surface area contributed by atoms with Gasteiger partial charge >= 0.3 is 0 Å². The molecule has 0 saturated carbocycles. The van der Waals surface area contributed by atoms with Gasteiger partial charge < -0.3 is 10.5 Å². The summed E-state index contributed by atoms with van der Waals surface area (Å²) in [6, 6.07) is 13.2. The number of nitrogens with two attached hydrogens (primary N) is 1. The minimum Gasteiger partial charge on any atom is -0.497 e. The molecule has 0 saturated heterocycles. The highest BCUT2D eigenvalue weighted by atomic mass is 16.5. The van der Waals surface area contributed by atoms with E-state index in [2.05, 4.69) is 10.1 Å². The van der Waals surface area contributed by atoms with Gasteiger partial charge in [-0.2, -0.15) is 5.10 Å². The van der Waals surface area contributed by atoms with E-state index in [1.54, 1.807) is 30.2 Å². The van der Waals surface area contributed by atoms with E-state index < -0.39 is 0 Å². The van der Waals surface area contributed by atoms with E-state index in [0.717, 1.165) is 33.8 Å². The number of hydrogen-bond acceptors (Lipinski definition) is 5. The molecule has 0 bridgehead atoms. The summed E-state index contributed by atoms with van der Waals surface area (Å²) in [5, 5.41) is 4.39. The number of rotatable bonds is 4. The van der Waals surface area contributed by atoms with Crippen LogP contribution in [0.2, 0.25) is 0 Å². The first-order valence-electron chi connectivity index (χ1n) is 7.90. The fraction of sp³-hybridized carbons (Fsp3) is 0.105. The Morgan fingerprint density at radius 1 is 1.12 bits per heavy atom. The molecule has 0 aliphatic carbocycles. The van der Waals surface area contributed by atoms with Gasteiger partial charge in [-0.3, -0.25) is 4.98 Å². The van der Waals surface area contributed by atoms with Crippen molar-refractivity contribution in [2.24, 2.45) is 5.73 Å². The first kappa shape index (κ1) is 15.3. The van der Waals surface area contributed by atoms with Crippen LogP contribution in [0.25, 0.3) is 16.8 Å². The summed E-state index contributed by atoms with van der Waals surface area (Å²) in [4.78, 5) is 8.79. The summed E-state index contributed by atoms with van der Waals surface area (Å²) in [7, 11) is 1.65. The maximum atomic E-state index is 6.37. The Labute approximate surface area is 144 Å². The Morgan fingerprint density at radius 3 is 2.76 bits per heavy atom. The molecule has 0 radical (unpaired) electrons. The zero-order valence-electron chi connectivity index (χ0n) is 13.7. The van der Waals surface area contributed by atoms with Crippen LogP contribution in [0.5, 0.6) is 5.75 Å². The van der Waals surface area contributed by atoms with E-state index in [1.807, 2.05) is 48.7 Å². The number of aromatic nitrogens is 4. The molecule has 2 N–H and O–H groups in total. The molecule has 1 aromatic carbocycles. The predicted octanol–water partition coefficient (Wildman–Crippen LogP) is 2.85. The van der Waals surface area contributed by atoms with Gasteiger partial charge in [0.2, 0.25) is 0 Å². The van der Waals surface area contributed by atoms with E-state index >= 15 is 0 Å². The fourth-order valence-electron chi connectivity index (χ4n) is 2.79. The average Bonchev–Trinajstić information content (AvgIpc) is 3.11. The lowest BCUT2D eigenvalue weighted by atomic mass is 10.1. The van der Waals surface area contributed by atoms with Crippen LogP contribution in [-0.2, 0) is 0 Å². The summed E-state index contributed by atoms with van der Waals surface area (Å²) in [6.45, 7) is 0. The Balaban J connectivity index is 1.80. The SMILES string of the molecule is COc1cccc(-c2cnn3ccc(C(N)c4ccncc4)nc23)c1. The Bertz CT molecular complexity index is 1010. The maximum Gasteiger partial charge on any atom is 0.163 e. The van der Waals surface area contributed by atoms with Crippen molar-refractivity contribution >= 4 is 5.65 Å². The summed E-state index contributed by atoms with van der Waals surface area (Å²) >= 11 is 0. The maximum absolute atomic E-state index is 6.37. The number of hydrogen-bond donors (Lipinski definition) is 1. The molecule has 25 heavy (non-hydrogen) atoms. The van der Waals surface area contributed by atoms with Crippen LogP contribution >= 0.6 is 0 Å². The molecule has 0 amide bonds. The van der Waals surface area contributed by atoms with Crippen LogP contribution in [0.15, 0.2) is 67.3 Å². The highest BCUT2D eigenvalue weighted by Gasteiger charge is 2.14. The largest absolute Gasteiger partial charge is 0.497 e. The monoisotopic (exact) mass is 331 g/mol. The fourth-order valence-corrected chi connectivity index (χ4v) is 2.79. The quantitative estimate of drug-likeness (QED) is 0.622. The van der Waals surface area contributed by atoms with Crippen molar-refractivity contribution in [3.63, 3.8) is 0 Å². The lowest BCUT2D eigenvalue weighted by Crippen LogP contribution is -2.14. The van der Waals surface area contributed by atoms with E-state index in [4.69, 9.17) is 15.5 Å². The van der Waals surface area contributed by atoms with Crippen molar-refractivity contribution in [3.8, 4) is 16.9 Å². The molecule has 3 aromatic heterocycles. The number of nitrogens with zero attached hydrogens (tertiary/aromatic N) is 4. The summed E-state index contributed by atoms with van der Waals surface area (Å²) in [6.07, 6.45) is 7.14. The molecule has 0 aliphatic heterocycles.